The molecule has 0 radical (unpaired) electrons. The summed E-state index contributed by atoms with van der Waals surface area (Å²) in [6, 6.07) is 13.8. The molecule has 0 saturated carbocycles. The van der Waals surface area contributed by atoms with E-state index in [1.807, 2.05) is 6.92 Å². The fourth-order valence-electron chi connectivity index (χ4n) is 2.22. The molecule has 0 aliphatic heterocycles. The molecule has 2 aromatic carbocycles. The van der Waals surface area contributed by atoms with Gasteiger partial charge in [-0.25, -0.2) is 0 Å². The third kappa shape index (κ3) is 6.89. The molecule has 7 nitrogen and oxygen atoms in total. The van der Waals surface area contributed by atoms with Crippen molar-refractivity contribution in [2.45, 2.75) is 6.92 Å². The van der Waals surface area contributed by atoms with Crippen LogP contribution in [0.4, 0.5) is 0 Å². The van der Waals surface area contributed by atoms with E-state index in [1.54, 1.807) is 55.6 Å². The molecular weight excluding hydrogens is 348 g/mol. The second-order valence-corrected chi connectivity index (χ2v) is 5.53. The number of hydrogen-bond donors (Lipinski definition) is 2. The van der Waals surface area contributed by atoms with Crippen LogP contribution in [0.1, 0.15) is 17.3 Å². The third-order valence-electron chi connectivity index (χ3n) is 3.59. The Bertz CT molecular complexity index is 729. The summed E-state index contributed by atoms with van der Waals surface area (Å²) in [5.74, 6) is 1.55. The predicted octanol–water partition coefficient (Wildman–Crippen LogP) is 2.02. The maximum atomic E-state index is 12.0. The van der Waals surface area contributed by atoms with Gasteiger partial charge >= 0.3 is 0 Å². The van der Waals surface area contributed by atoms with Crippen molar-refractivity contribution in [3.8, 4) is 17.2 Å². The highest BCUT2D eigenvalue weighted by atomic mass is 16.5. The minimum atomic E-state index is -0.261. The fraction of sp³-hybridized carbons (Fsp3) is 0.300. The van der Waals surface area contributed by atoms with E-state index >= 15 is 0 Å². The third-order valence-corrected chi connectivity index (χ3v) is 3.59. The summed E-state index contributed by atoms with van der Waals surface area (Å²) in [7, 11) is 1.57. The summed E-state index contributed by atoms with van der Waals surface area (Å²) >= 11 is 0. The lowest BCUT2D eigenvalue weighted by Crippen LogP contribution is -2.36. The van der Waals surface area contributed by atoms with Crippen LogP contribution in [0.5, 0.6) is 17.2 Å². The zero-order valence-electron chi connectivity index (χ0n) is 15.5. The average Bonchev–Trinajstić information content (AvgIpc) is 2.71. The molecule has 2 amide bonds. The fourth-order valence-corrected chi connectivity index (χ4v) is 2.22. The van der Waals surface area contributed by atoms with E-state index in [0.717, 1.165) is 5.75 Å². The lowest BCUT2D eigenvalue weighted by Gasteiger charge is -2.09. The summed E-state index contributed by atoms with van der Waals surface area (Å²) in [4.78, 5) is 23.8. The Morgan fingerprint density at radius 2 is 1.37 bits per heavy atom. The highest BCUT2D eigenvalue weighted by molar-refractivity contribution is 5.94. The van der Waals surface area contributed by atoms with E-state index in [4.69, 9.17) is 14.2 Å². The van der Waals surface area contributed by atoms with Crippen molar-refractivity contribution < 1.29 is 23.8 Å². The van der Waals surface area contributed by atoms with Gasteiger partial charge in [-0.1, -0.05) is 0 Å². The minimum Gasteiger partial charge on any atom is -0.497 e. The van der Waals surface area contributed by atoms with Gasteiger partial charge in [0.05, 0.1) is 13.7 Å². The number of amides is 2. The Hall–Kier alpha value is -3.22. The number of carbonyl (C=O) groups excluding carboxylic acids is 2. The van der Waals surface area contributed by atoms with Gasteiger partial charge in [-0.2, -0.15) is 0 Å². The van der Waals surface area contributed by atoms with E-state index in [1.165, 1.54) is 0 Å². The van der Waals surface area contributed by atoms with Crippen molar-refractivity contribution in [3.63, 3.8) is 0 Å². The zero-order chi connectivity index (χ0) is 19.5. The largest absolute Gasteiger partial charge is 0.497 e. The molecule has 0 heterocycles. The highest BCUT2D eigenvalue weighted by Gasteiger charge is 2.06. The molecule has 0 spiro atoms. The average molecular weight is 372 g/mol. The van der Waals surface area contributed by atoms with Gasteiger partial charge in [-0.3, -0.25) is 9.59 Å². The number of carbonyl (C=O) groups is 2. The molecule has 0 atom stereocenters. The first-order valence-electron chi connectivity index (χ1n) is 8.67. The number of hydrogen-bond acceptors (Lipinski definition) is 5. The molecule has 0 saturated heterocycles. The lowest BCUT2D eigenvalue weighted by atomic mass is 10.2. The van der Waals surface area contributed by atoms with Crippen molar-refractivity contribution >= 4 is 11.8 Å². The predicted molar refractivity (Wildman–Crippen MR) is 101 cm³/mol. The van der Waals surface area contributed by atoms with E-state index in [2.05, 4.69) is 10.6 Å². The zero-order valence-corrected chi connectivity index (χ0v) is 15.5. The number of rotatable bonds is 10. The van der Waals surface area contributed by atoms with Crippen molar-refractivity contribution in [1.82, 2.24) is 10.6 Å². The first-order valence-corrected chi connectivity index (χ1v) is 8.67. The summed E-state index contributed by atoms with van der Waals surface area (Å²) in [5, 5.41) is 5.42. The SMILES string of the molecule is CCOc1ccc(OCC(=O)NCCNC(=O)c2ccc(OC)cc2)cc1. The van der Waals surface area contributed by atoms with Gasteiger partial charge in [0, 0.05) is 18.7 Å². The maximum absolute atomic E-state index is 12.0. The number of ether oxygens (including phenoxy) is 3. The van der Waals surface area contributed by atoms with Crippen LogP contribution in [-0.2, 0) is 4.79 Å². The van der Waals surface area contributed by atoms with Crippen LogP contribution in [0.25, 0.3) is 0 Å². The Balaban J connectivity index is 1.63. The molecule has 0 bridgehead atoms. The van der Waals surface area contributed by atoms with Crippen LogP contribution >= 0.6 is 0 Å². The molecule has 0 unspecified atom stereocenters. The van der Waals surface area contributed by atoms with Crippen LogP contribution < -0.4 is 24.8 Å². The van der Waals surface area contributed by atoms with Gasteiger partial charge in [0.15, 0.2) is 6.61 Å². The van der Waals surface area contributed by atoms with E-state index in [0.29, 0.717) is 36.8 Å². The first kappa shape index (κ1) is 20.1. The van der Waals surface area contributed by atoms with Crippen molar-refractivity contribution in [1.29, 1.82) is 0 Å². The van der Waals surface area contributed by atoms with Gasteiger partial charge in [0.1, 0.15) is 17.2 Å². The normalized spacial score (nSPS) is 10.0. The quantitative estimate of drug-likeness (QED) is 0.623. The Morgan fingerprint density at radius 1 is 0.815 bits per heavy atom. The summed E-state index contributed by atoms with van der Waals surface area (Å²) in [6.07, 6.45) is 0. The van der Waals surface area contributed by atoms with Crippen molar-refractivity contribution in [3.05, 3.63) is 54.1 Å². The van der Waals surface area contributed by atoms with Gasteiger partial charge < -0.3 is 24.8 Å². The van der Waals surface area contributed by atoms with Crippen LogP contribution in [0.2, 0.25) is 0 Å². The lowest BCUT2D eigenvalue weighted by molar-refractivity contribution is -0.123. The van der Waals surface area contributed by atoms with Crippen molar-refractivity contribution in [2.75, 3.05) is 33.4 Å². The van der Waals surface area contributed by atoms with Crippen LogP contribution in [0.3, 0.4) is 0 Å². The first-order chi connectivity index (χ1) is 13.1. The molecule has 2 aromatic rings. The van der Waals surface area contributed by atoms with Gasteiger partial charge in [-0.05, 0) is 55.5 Å². The molecule has 2 N–H and O–H groups in total. The molecule has 7 heteroatoms. The molecule has 2 rings (SSSR count). The smallest absolute Gasteiger partial charge is 0.258 e. The topological polar surface area (TPSA) is 85.9 Å². The van der Waals surface area contributed by atoms with Gasteiger partial charge in [-0.15, -0.1) is 0 Å². The van der Waals surface area contributed by atoms with Crippen LogP contribution in [-0.4, -0.2) is 45.2 Å². The monoisotopic (exact) mass is 372 g/mol. The van der Waals surface area contributed by atoms with Crippen LogP contribution in [0, 0.1) is 0 Å². The van der Waals surface area contributed by atoms with E-state index in [-0.39, 0.29) is 18.4 Å². The molecule has 0 aliphatic carbocycles. The minimum absolute atomic E-state index is 0.0968. The molecule has 27 heavy (non-hydrogen) atoms. The number of benzene rings is 2. The Kier molecular flexibility index (Phi) is 7.96. The molecule has 144 valence electrons. The Labute approximate surface area is 158 Å². The molecule has 0 fully saturated rings. The number of methoxy groups -OCH3 is 1. The molecular formula is C20H24N2O5. The Morgan fingerprint density at radius 3 is 1.96 bits per heavy atom. The summed E-state index contributed by atoms with van der Waals surface area (Å²) in [6.45, 7) is 3.04. The van der Waals surface area contributed by atoms with Crippen molar-refractivity contribution in [2.24, 2.45) is 0 Å². The van der Waals surface area contributed by atoms with Gasteiger partial charge in [0.2, 0.25) is 0 Å². The molecule has 0 aliphatic rings. The second kappa shape index (κ2) is 10.7. The highest BCUT2D eigenvalue weighted by Crippen LogP contribution is 2.17. The van der Waals surface area contributed by atoms with E-state index in [9.17, 15) is 9.59 Å². The number of nitrogens with one attached hydrogen (secondary N) is 2. The standard InChI is InChI=1S/C20H24N2O5/c1-3-26-17-8-10-18(11-9-17)27-14-19(23)21-12-13-22-20(24)15-4-6-16(25-2)7-5-15/h4-11H,3,12-14H2,1-2H3,(H,21,23)(H,22,24). The van der Waals surface area contributed by atoms with E-state index < -0.39 is 0 Å². The molecule has 0 aromatic heterocycles. The summed E-state index contributed by atoms with van der Waals surface area (Å²) < 4.78 is 15.8. The second-order valence-electron chi connectivity index (χ2n) is 5.53. The van der Waals surface area contributed by atoms with Gasteiger partial charge in [0.25, 0.3) is 11.8 Å². The van der Waals surface area contributed by atoms with Crippen LogP contribution in [0.15, 0.2) is 48.5 Å². The summed E-state index contributed by atoms with van der Waals surface area (Å²) in [5.41, 5.74) is 0.529. The maximum Gasteiger partial charge on any atom is 0.258 e.